The molecule has 2 N–H and O–H groups in total. The van der Waals surface area contributed by atoms with Crippen LogP contribution in [0.15, 0.2) is 35.1 Å². The van der Waals surface area contributed by atoms with E-state index in [1.807, 2.05) is 30.3 Å². The lowest BCUT2D eigenvalue weighted by molar-refractivity contribution is -0.126. The van der Waals surface area contributed by atoms with Crippen LogP contribution < -0.4 is 16.2 Å². The highest BCUT2D eigenvalue weighted by Crippen LogP contribution is 2.28. The standard InChI is InChI=1S/C20H26N4O3/c1-13-17(20(27)24(23(13)3)16-11-5-4-6-12-16)22-19(26)18(21-14(2)25)15-9-7-8-10-15/h4-6,11-12,15,18H,7-10H2,1-3H3,(H,21,25)(H,22,26). The van der Waals surface area contributed by atoms with E-state index in [0.29, 0.717) is 5.69 Å². The first-order chi connectivity index (χ1) is 12.9. The monoisotopic (exact) mass is 370 g/mol. The molecule has 0 bridgehead atoms. The molecule has 2 amide bonds. The van der Waals surface area contributed by atoms with Gasteiger partial charge in [0.15, 0.2) is 0 Å². The number of para-hydroxylation sites is 1. The van der Waals surface area contributed by atoms with Gasteiger partial charge in [-0.25, -0.2) is 4.68 Å². The predicted molar refractivity (Wildman–Crippen MR) is 104 cm³/mol. The minimum atomic E-state index is -0.616. The van der Waals surface area contributed by atoms with Crippen molar-refractivity contribution in [2.75, 3.05) is 5.32 Å². The van der Waals surface area contributed by atoms with Crippen molar-refractivity contribution in [1.29, 1.82) is 0 Å². The maximum absolute atomic E-state index is 13.0. The van der Waals surface area contributed by atoms with Crippen molar-refractivity contribution in [3.8, 4) is 5.69 Å². The molecule has 1 unspecified atom stereocenters. The van der Waals surface area contributed by atoms with E-state index in [-0.39, 0.29) is 29.0 Å². The molecular weight excluding hydrogens is 344 g/mol. The molecule has 7 nitrogen and oxygen atoms in total. The lowest BCUT2D eigenvalue weighted by Gasteiger charge is -2.23. The molecule has 7 heteroatoms. The molecule has 1 aromatic heterocycles. The Labute approximate surface area is 158 Å². The van der Waals surface area contributed by atoms with Crippen LogP contribution in [0.5, 0.6) is 0 Å². The first kappa shape index (κ1) is 18.9. The topological polar surface area (TPSA) is 85.1 Å². The number of nitrogens with zero attached hydrogens (tertiary/aromatic N) is 2. The summed E-state index contributed by atoms with van der Waals surface area (Å²) in [6, 6.07) is 8.65. The highest BCUT2D eigenvalue weighted by Gasteiger charge is 2.32. The van der Waals surface area contributed by atoms with E-state index in [2.05, 4.69) is 10.6 Å². The average Bonchev–Trinajstić information content (AvgIpc) is 3.24. The van der Waals surface area contributed by atoms with Crippen molar-refractivity contribution in [3.05, 3.63) is 46.4 Å². The molecule has 3 rings (SSSR count). The average molecular weight is 370 g/mol. The maximum atomic E-state index is 13.0. The minimum absolute atomic E-state index is 0.106. The molecule has 1 atom stereocenters. The summed E-state index contributed by atoms with van der Waals surface area (Å²) < 4.78 is 3.24. The van der Waals surface area contributed by atoms with Crippen LogP contribution >= 0.6 is 0 Å². The molecule has 0 spiro atoms. The fourth-order valence-electron chi connectivity index (χ4n) is 3.82. The number of rotatable bonds is 5. The molecule has 0 saturated heterocycles. The zero-order chi connectivity index (χ0) is 19.6. The van der Waals surface area contributed by atoms with Crippen LogP contribution in [0, 0.1) is 12.8 Å². The molecule has 1 saturated carbocycles. The number of carbonyl (C=O) groups excluding carboxylic acids is 2. The summed E-state index contributed by atoms with van der Waals surface area (Å²) in [6.45, 7) is 3.20. The van der Waals surface area contributed by atoms with Crippen LogP contribution in [0.2, 0.25) is 0 Å². The summed E-state index contributed by atoms with van der Waals surface area (Å²) in [5.41, 5.74) is 1.34. The van der Waals surface area contributed by atoms with Gasteiger partial charge < -0.3 is 10.6 Å². The van der Waals surface area contributed by atoms with Crippen LogP contribution in [-0.4, -0.2) is 27.2 Å². The third-order valence-corrected chi connectivity index (χ3v) is 5.31. The van der Waals surface area contributed by atoms with E-state index in [9.17, 15) is 14.4 Å². The van der Waals surface area contributed by atoms with Crippen LogP contribution in [0.25, 0.3) is 5.69 Å². The van der Waals surface area contributed by atoms with Crippen LogP contribution in [0.1, 0.15) is 38.3 Å². The van der Waals surface area contributed by atoms with Gasteiger partial charge in [-0.2, -0.15) is 0 Å². The van der Waals surface area contributed by atoms with Crippen molar-refractivity contribution in [2.24, 2.45) is 13.0 Å². The third-order valence-electron chi connectivity index (χ3n) is 5.31. The van der Waals surface area contributed by atoms with Crippen molar-refractivity contribution in [2.45, 2.75) is 45.6 Å². The number of aromatic nitrogens is 2. The summed E-state index contributed by atoms with van der Waals surface area (Å²) >= 11 is 0. The zero-order valence-electron chi connectivity index (χ0n) is 16.0. The molecule has 1 heterocycles. The van der Waals surface area contributed by atoms with Crippen molar-refractivity contribution >= 4 is 17.5 Å². The van der Waals surface area contributed by atoms with Gasteiger partial charge in [-0.3, -0.25) is 19.1 Å². The zero-order valence-corrected chi connectivity index (χ0v) is 16.0. The number of hydrogen-bond acceptors (Lipinski definition) is 3. The number of anilines is 1. The van der Waals surface area contributed by atoms with E-state index < -0.39 is 6.04 Å². The minimum Gasteiger partial charge on any atom is -0.344 e. The Morgan fingerprint density at radius 2 is 1.78 bits per heavy atom. The lowest BCUT2D eigenvalue weighted by Crippen LogP contribution is -2.47. The van der Waals surface area contributed by atoms with Gasteiger partial charge >= 0.3 is 0 Å². The first-order valence-corrected chi connectivity index (χ1v) is 9.32. The summed E-state index contributed by atoms with van der Waals surface area (Å²) in [7, 11) is 1.78. The molecule has 27 heavy (non-hydrogen) atoms. The van der Waals surface area contributed by atoms with Gasteiger partial charge in [-0.05, 0) is 37.8 Å². The normalized spacial score (nSPS) is 15.5. The predicted octanol–water partition coefficient (Wildman–Crippen LogP) is 2.12. The van der Waals surface area contributed by atoms with Gasteiger partial charge in [-0.15, -0.1) is 0 Å². The molecular formula is C20H26N4O3. The highest BCUT2D eigenvalue weighted by atomic mass is 16.2. The van der Waals surface area contributed by atoms with E-state index >= 15 is 0 Å². The van der Waals surface area contributed by atoms with Crippen molar-refractivity contribution < 1.29 is 9.59 Å². The molecule has 144 valence electrons. The number of benzene rings is 1. The Hall–Kier alpha value is -2.83. The molecule has 1 fully saturated rings. The van der Waals surface area contributed by atoms with Gasteiger partial charge in [0.2, 0.25) is 11.8 Å². The Morgan fingerprint density at radius 1 is 1.15 bits per heavy atom. The highest BCUT2D eigenvalue weighted by molar-refractivity contribution is 5.97. The van der Waals surface area contributed by atoms with Crippen LogP contribution in [-0.2, 0) is 16.6 Å². The Kier molecular flexibility index (Phi) is 5.48. The van der Waals surface area contributed by atoms with Crippen molar-refractivity contribution in [1.82, 2.24) is 14.7 Å². The number of nitrogens with one attached hydrogen (secondary N) is 2. The first-order valence-electron chi connectivity index (χ1n) is 9.32. The van der Waals surface area contributed by atoms with Gasteiger partial charge in [-0.1, -0.05) is 31.0 Å². The largest absolute Gasteiger partial charge is 0.344 e. The second-order valence-corrected chi connectivity index (χ2v) is 7.15. The van der Waals surface area contributed by atoms with Gasteiger partial charge in [0.05, 0.1) is 11.4 Å². The summed E-state index contributed by atoms with van der Waals surface area (Å²) in [5.74, 6) is -0.467. The second-order valence-electron chi connectivity index (χ2n) is 7.15. The Morgan fingerprint density at radius 3 is 2.37 bits per heavy atom. The smallest absolute Gasteiger partial charge is 0.295 e. The SMILES string of the molecule is CC(=O)NC(C(=O)Nc1c(C)n(C)n(-c2ccccc2)c1=O)C1CCCC1. The van der Waals surface area contributed by atoms with Crippen molar-refractivity contribution in [3.63, 3.8) is 0 Å². The molecule has 2 aromatic rings. The molecule has 0 aliphatic heterocycles. The van der Waals surface area contributed by atoms with E-state index in [0.717, 1.165) is 31.4 Å². The number of amides is 2. The number of carbonyl (C=O) groups is 2. The summed E-state index contributed by atoms with van der Waals surface area (Å²) in [6.07, 6.45) is 3.92. The molecule has 1 aliphatic rings. The lowest BCUT2D eigenvalue weighted by atomic mass is 9.97. The van der Waals surface area contributed by atoms with Gasteiger partial charge in [0.1, 0.15) is 11.7 Å². The fourth-order valence-corrected chi connectivity index (χ4v) is 3.82. The Balaban J connectivity index is 1.91. The molecule has 0 radical (unpaired) electrons. The maximum Gasteiger partial charge on any atom is 0.295 e. The van der Waals surface area contributed by atoms with E-state index in [4.69, 9.17) is 0 Å². The molecule has 1 aliphatic carbocycles. The summed E-state index contributed by atoms with van der Waals surface area (Å²) in [4.78, 5) is 37.4. The quantitative estimate of drug-likeness (QED) is 0.845. The van der Waals surface area contributed by atoms with Gasteiger partial charge in [0, 0.05) is 14.0 Å². The molecule has 1 aromatic carbocycles. The summed E-state index contributed by atoms with van der Waals surface area (Å²) in [5, 5.41) is 5.55. The van der Waals surface area contributed by atoms with E-state index in [1.54, 1.807) is 18.7 Å². The Bertz CT molecular complexity index is 892. The number of hydrogen-bond donors (Lipinski definition) is 2. The van der Waals surface area contributed by atoms with Gasteiger partial charge in [0.25, 0.3) is 5.56 Å². The van der Waals surface area contributed by atoms with Crippen LogP contribution in [0.3, 0.4) is 0 Å². The fraction of sp³-hybridized carbons (Fsp3) is 0.450. The third kappa shape index (κ3) is 3.82. The second kappa shape index (κ2) is 7.82. The van der Waals surface area contributed by atoms with E-state index in [1.165, 1.54) is 11.6 Å². The van der Waals surface area contributed by atoms with Crippen LogP contribution in [0.4, 0.5) is 5.69 Å².